The van der Waals surface area contributed by atoms with E-state index in [2.05, 4.69) is 27.4 Å². The van der Waals surface area contributed by atoms with Crippen LogP contribution in [-0.4, -0.2) is 44.0 Å². The second kappa shape index (κ2) is 12.9. The molecule has 0 N–H and O–H groups in total. The Morgan fingerprint density at radius 2 is 1.68 bits per heavy atom. The summed E-state index contributed by atoms with van der Waals surface area (Å²) in [5.74, 6) is 2.40. The third kappa shape index (κ3) is 6.09. The maximum Gasteiger partial charge on any atom is 0.508 e. The van der Waals surface area contributed by atoms with E-state index in [9.17, 15) is 14.4 Å². The fourth-order valence-corrected chi connectivity index (χ4v) is 9.75. The van der Waals surface area contributed by atoms with Crippen LogP contribution in [0.15, 0.2) is 12.7 Å². The third-order valence-corrected chi connectivity index (χ3v) is 11.8. The molecule has 7 heteroatoms. The topological polar surface area (TPSA) is 88.1 Å². The molecule has 4 aliphatic rings. The Bertz CT molecular complexity index is 932. The molecule has 0 aromatic rings. The van der Waals surface area contributed by atoms with Crippen LogP contribution in [0.3, 0.4) is 0 Å². The van der Waals surface area contributed by atoms with Crippen molar-refractivity contribution < 1.29 is 33.3 Å². The number of carbonyl (C=O) groups is 3. The minimum Gasteiger partial charge on any atom is -0.469 e. The summed E-state index contributed by atoms with van der Waals surface area (Å²) in [6.45, 7) is 13.1. The number of methoxy groups -OCH3 is 1. The summed E-state index contributed by atoms with van der Waals surface area (Å²) in [4.78, 5) is 37.0. The van der Waals surface area contributed by atoms with E-state index < -0.39 is 6.16 Å². The standard InChI is InChI=1S/C33H52O7/c1-7-9-10-29(35)40-27-20-22-19-23(39-31(36)38-8-2)15-17-32(22,4)26-16-18-33(5)24(12-13-25(33)30(26)27)21(3)11-14-28(34)37-6/h7,21-27,30H,1,8-20H2,2-6H3/t21-,22+,23-,24-,25+,26+,27-,30+,32+,33-/m1/s1. The van der Waals surface area contributed by atoms with Gasteiger partial charge in [-0.1, -0.05) is 26.8 Å². The molecule has 4 aliphatic carbocycles. The first kappa shape index (κ1) is 30.9. The molecule has 0 bridgehead atoms. The molecule has 0 aliphatic heterocycles. The van der Waals surface area contributed by atoms with Crippen molar-refractivity contribution in [3.8, 4) is 0 Å². The highest BCUT2D eigenvalue weighted by molar-refractivity contribution is 5.70. The second-order valence-electron chi connectivity index (χ2n) is 13.6. The van der Waals surface area contributed by atoms with E-state index in [1.165, 1.54) is 20.0 Å². The number of ether oxygens (including phenoxy) is 4. The lowest BCUT2D eigenvalue weighted by Gasteiger charge is -2.62. The minimum absolute atomic E-state index is 0.115. The number of rotatable bonds is 10. The summed E-state index contributed by atoms with van der Waals surface area (Å²) >= 11 is 0. The molecule has 4 rings (SSSR count). The lowest BCUT2D eigenvalue weighted by Crippen LogP contribution is -2.59. The van der Waals surface area contributed by atoms with Crippen LogP contribution in [0, 0.1) is 46.3 Å². The zero-order chi connectivity index (χ0) is 29.1. The first-order valence-corrected chi connectivity index (χ1v) is 15.8. The van der Waals surface area contributed by atoms with Crippen LogP contribution in [0.1, 0.15) is 105 Å². The summed E-state index contributed by atoms with van der Waals surface area (Å²) in [6.07, 6.45) is 11.4. The van der Waals surface area contributed by atoms with Crippen molar-refractivity contribution in [2.45, 2.75) is 117 Å². The second-order valence-corrected chi connectivity index (χ2v) is 13.6. The summed E-state index contributed by atoms with van der Waals surface area (Å²) in [7, 11) is 1.46. The molecule has 0 saturated heterocycles. The van der Waals surface area contributed by atoms with Crippen LogP contribution in [0.25, 0.3) is 0 Å². The van der Waals surface area contributed by atoms with Crippen LogP contribution in [0.2, 0.25) is 0 Å². The van der Waals surface area contributed by atoms with Gasteiger partial charge in [-0.05, 0) is 112 Å². The lowest BCUT2D eigenvalue weighted by atomic mass is 9.43. The molecule has 10 atom stereocenters. The molecule has 4 saturated carbocycles. The Kier molecular flexibility index (Phi) is 9.93. The molecular weight excluding hydrogens is 508 g/mol. The van der Waals surface area contributed by atoms with Crippen molar-refractivity contribution in [3.05, 3.63) is 12.7 Å². The number of hydrogen-bond acceptors (Lipinski definition) is 7. The average Bonchev–Trinajstić information content (AvgIpc) is 3.28. The van der Waals surface area contributed by atoms with Gasteiger partial charge in [0.2, 0.25) is 0 Å². The van der Waals surface area contributed by atoms with Gasteiger partial charge in [0, 0.05) is 18.8 Å². The van der Waals surface area contributed by atoms with Gasteiger partial charge < -0.3 is 18.9 Å². The third-order valence-electron chi connectivity index (χ3n) is 11.8. The van der Waals surface area contributed by atoms with E-state index in [0.29, 0.717) is 61.4 Å². The van der Waals surface area contributed by atoms with Crippen LogP contribution < -0.4 is 0 Å². The van der Waals surface area contributed by atoms with Crippen molar-refractivity contribution in [2.24, 2.45) is 46.3 Å². The van der Waals surface area contributed by atoms with Gasteiger partial charge in [0.05, 0.1) is 13.7 Å². The van der Waals surface area contributed by atoms with E-state index in [-0.39, 0.29) is 35.0 Å². The molecule has 226 valence electrons. The Balaban J connectivity index is 1.57. The molecule has 7 nitrogen and oxygen atoms in total. The van der Waals surface area contributed by atoms with Crippen LogP contribution >= 0.6 is 0 Å². The van der Waals surface area contributed by atoms with Gasteiger partial charge in [-0.2, -0.15) is 0 Å². The van der Waals surface area contributed by atoms with Crippen molar-refractivity contribution in [2.75, 3.05) is 13.7 Å². The normalized spacial score (nSPS) is 39.1. The van der Waals surface area contributed by atoms with Gasteiger partial charge in [-0.3, -0.25) is 9.59 Å². The molecule has 0 unspecified atom stereocenters. The maximum absolute atomic E-state index is 13.0. The average molecular weight is 561 g/mol. The van der Waals surface area contributed by atoms with E-state index >= 15 is 0 Å². The minimum atomic E-state index is -0.580. The van der Waals surface area contributed by atoms with E-state index in [0.717, 1.165) is 44.9 Å². The van der Waals surface area contributed by atoms with Crippen molar-refractivity contribution in [1.29, 1.82) is 0 Å². The molecule has 0 aromatic heterocycles. The molecule has 0 amide bonds. The van der Waals surface area contributed by atoms with Crippen molar-refractivity contribution in [3.63, 3.8) is 0 Å². The molecule has 40 heavy (non-hydrogen) atoms. The van der Waals surface area contributed by atoms with Gasteiger partial charge in [0.25, 0.3) is 0 Å². The predicted molar refractivity (Wildman–Crippen MR) is 152 cm³/mol. The number of esters is 2. The van der Waals surface area contributed by atoms with E-state index in [1.54, 1.807) is 13.0 Å². The summed E-state index contributed by atoms with van der Waals surface area (Å²) in [5.41, 5.74) is 0.315. The van der Waals surface area contributed by atoms with Gasteiger partial charge >= 0.3 is 18.1 Å². The Morgan fingerprint density at radius 1 is 0.950 bits per heavy atom. The zero-order valence-corrected chi connectivity index (χ0v) is 25.5. The number of allylic oxidation sites excluding steroid dienone is 1. The highest BCUT2D eigenvalue weighted by Crippen LogP contribution is 2.69. The van der Waals surface area contributed by atoms with Gasteiger partial charge in [-0.25, -0.2) is 4.79 Å². The molecule has 4 fully saturated rings. The first-order chi connectivity index (χ1) is 19.1. The number of fused-ring (bicyclic) bond motifs is 5. The van der Waals surface area contributed by atoms with Crippen LogP contribution in [0.5, 0.6) is 0 Å². The quantitative estimate of drug-likeness (QED) is 0.158. The fourth-order valence-electron chi connectivity index (χ4n) is 9.75. The van der Waals surface area contributed by atoms with Crippen molar-refractivity contribution in [1.82, 2.24) is 0 Å². The summed E-state index contributed by atoms with van der Waals surface area (Å²) in [6, 6.07) is 0. The maximum atomic E-state index is 13.0. The van der Waals surface area contributed by atoms with Crippen LogP contribution in [-0.2, 0) is 28.5 Å². The fraction of sp³-hybridized carbons (Fsp3) is 0.848. The number of carbonyl (C=O) groups excluding carboxylic acids is 3. The molecule has 0 aromatic carbocycles. The van der Waals surface area contributed by atoms with Gasteiger partial charge in [0.1, 0.15) is 12.2 Å². The van der Waals surface area contributed by atoms with Gasteiger partial charge in [-0.15, -0.1) is 6.58 Å². The van der Waals surface area contributed by atoms with Crippen molar-refractivity contribution >= 4 is 18.1 Å². The largest absolute Gasteiger partial charge is 0.508 e. The Morgan fingerprint density at radius 3 is 2.38 bits per heavy atom. The van der Waals surface area contributed by atoms with Crippen LogP contribution in [0.4, 0.5) is 4.79 Å². The Labute approximate surface area is 241 Å². The Hall–Kier alpha value is -2.05. The molecule has 0 heterocycles. The SMILES string of the molecule is C=CCCC(=O)O[C@@H]1C[C@@H]2C[C@H](OC(=O)OCC)CC[C@]2(C)[C@H]2CC[C@]3(C)[C@@H]([C@H](C)CCC(=O)OC)CC[C@H]3[C@H]12. The monoisotopic (exact) mass is 560 g/mol. The molecule has 0 spiro atoms. The zero-order valence-electron chi connectivity index (χ0n) is 25.5. The number of hydrogen-bond donors (Lipinski definition) is 0. The summed E-state index contributed by atoms with van der Waals surface area (Å²) < 4.78 is 22.0. The molecule has 0 radical (unpaired) electrons. The predicted octanol–water partition coefficient (Wildman–Crippen LogP) is 7.26. The van der Waals surface area contributed by atoms with E-state index in [4.69, 9.17) is 18.9 Å². The lowest BCUT2D eigenvalue weighted by molar-refractivity contribution is -0.196. The van der Waals surface area contributed by atoms with E-state index in [1.807, 2.05) is 0 Å². The molecular formula is C33H52O7. The summed E-state index contributed by atoms with van der Waals surface area (Å²) in [5, 5.41) is 0. The highest BCUT2D eigenvalue weighted by atomic mass is 16.7. The highest BCUT2D eigenvalue weighted by Gasteiger charge is 2.64. The smallest absolute Gasteiger partial charge is 0.469 e. The first-order valence-electron chi connectivity index (χ1n) is 15.8. The van der Waals surface area contributed by atoms with Gasteiger partial charge in [0.15, 0.2) is 0 Å².